The molecule has 2 heterocycles. The van der Waals surface area contributed by atoms with Crippen molar-refractivity contribution in [1.82, 2.24) is 4.37 Å². The molecule has 2 N–H and O–H groups in total. The highest BCUT2D eigenvalue weighted by molar-refractivity contribution is 7.11. The molecular formula is C11H19N3OS. The number of nitrogens with two attached hydrogens (primary N) is 1. The lowest BCUT2D eigenvalue weighted by Gasteiger charge is -2.17. The van der Waals surface area contributed by atoms with E-state index in [-0.39, 0.29) is 0 Å². The average molecular weight is 241 g/mol. The molecule has 90 valence electrons. The molecule has 1 aromatic heterocycles. The van der Waals surface area contributed by atoms with Gasteiger partial charge in [-0.1, -0.05) is 13.3 Å². The van der Waals surface area contributed by atoms with E-state index in [2.05, 4.69) is 16.2 Å². The molecule has 1 aliphatic heterocycles. The van der Waals surface area contributed by atoms with Crippen LogP contribution in [0.5, 0.6) is 5.75 Å². The molecule has 0 amide bonds. The summed E-state index contributed by atoms with van der Waals surface area (Å²) in [6.45, 7) is 4.46. The van der Waals surface area contributed by atoms with E-state index in [0.717, 1.165) is 29.8 Å². The molecule has 1 unspecified atom stereocenters. The first-order valence-corrected chi connectivity index (χ1v) is 6.57. The maximum atomic E-state index is 5.76. The maximum Gasteiger partial charge on any atom is 0.197 e. The summed E-state index contributed by atoms with van der Waals surface area (Å²) in [5, 5.41) is 1.10. The summed E-state index contributed by atoms with van der Waals surface area (Å²) in [6.07, 6.45) is 3.85. The van der Waals surface area contributed by atoms with Gasteiger partial charge in [0.15, 0.2) is 16.6 Å². The van der Waals surface area contributed by atoms with Gasteiger partial charge in [-0.3, -0.25) is 0 Å². The topological polar surface area (TPSA) is 51.4 Å². The van der Waals surface area contributed by atoms with Crippen LogP contribution in [0.15, 0.2) is 0 Å². The molecule has 0 aromatic carbocycles. The minimum Gasteiger partial charge on any atom is -0.490 e. The van der Waals surface area contributed by atoms with Gasteiger partial charge in [-0.05, 0) is 30.3 Å². The summed E-state index contributed by atoms with van der Waals surface area (Å²) in [5.41, 5.74) is 5.76. The van der Waals surface area contributed by atoms with Crippen molar-refractivity contribution in [3.8, 4) is 5.75 Å². The summed E-state index contributed by atoms with van der Waals surface area (Å²) in [6, 6.07) is 0. The second kappa shape index (κ2) is 4.91. The molecule has 1 fully saturated rings. The van der Waals surface area contributed by atoms with Crippen LogP contribution in [0.1, 0.15) is 26.2 Å². The summed E-state index contributed by atoms with van der Waals surface area (Å²) in [5.74, 6) is 2.08. The number of anilines is 2. The minimum absolute atomic E-state index is 0.515. The molecule has 0 radical (unpaired) electrons. The van der Waals surface area contributed by atoms with Gasteiger partial charge in [0.2, 0.25) is 0 Å². The van der Waals surface area contributed by atoms with E-state index in [1.807, 2.05) is 0 Å². The molecule has 1 aliphatic rings. The Morgan fingerprint density at radius 2 is 2.44 bits per heavy atom. The van der Waals surface area contributed by atoms with Gasteiger partial charge in [0.05, 0.1) is 7.11 Å². The van der Waals surface area contributed by atoms with Crippen molar-refractivity contribution in [3.63, 3.8) is 0 Å². The van der Waals surface area contributed by atoms with Crippen LogP contribution in [-0.2, 0) is 0 Å². The Morgan fingerprint density at radius 3 is 3.12 bits per heavy atom. The highest BCUT2D eigenvalue weighted by Crippen LogP contribution is 2.40. The Kier molecular flexibility index (Phi) is 3.53. The lowest BCUT2D eigenvalue weighted by Crippen LogP contribution is -2.19. The Bertz CT molecular complexity index is 353. The molecule has 1 saturated heterocycles. The van der Waals surface area contributed by atoms with Crippen molar-refractivity contribution >= 4 is 22.4 Å². The smallest absolute Gasteiger partial charge is 0.197 e. The van der Waals surface area contributed by atoms with E-state index in [0.29, 0.717) is 5.82 Å². The molecule has 16 heavy (non-hydrogen) atoms. The SMILES string of the molecule is CCCC1CCN(c2snc(N)c2OC)C1. The molecule has 2 rings (SSSR count). The van der Waals surface area contributed by atoms with Crippen LogP contribution >= 0.6 is 11.5 Å². The van der Waals surface area contributed by atoms with Gasteiger partial charge in [-0.2, -0.15) is 4.37 Å². The Balaban J connectivity index is 2.08. The van der Waals surface area contributed by atoms with Gasteiger partial charge in [0.25, 0.3) is 0 Å². The van der Waals surface area contributed by atoms with Crippen LogP contribution in [0.3, 0.4) is 0 Å². The number of nitrogen functional groups attached to an aromatic ring is 1. The third-order valence-corrected chi connectivity index (χ3v) is 4.04. The number of aromatic nitrogens is 1. The fraction of sp³-hybridized carbons (Fsp3) is 0.727. The van der Waals surface area contributed by atoms with Crippen LogP contribution in [0.2, 0.25) is 0 Å². The molecule has 0 bridgehead atoms. The molecule has 0 spiro atoms. The number of hydrogen-bond donors (Lipinski definition) is 1. The lowest BCUT2D eigenvalue weighted by atomic mass is 10.0. The molecule has 1 atom stereocenters. The number of hydrogen-bond acceptors (Lipinski definition) is 5. The average Bonchev–Trinajstić information content (AvgIpc) is 2.85. The second-order valence-electron chi connectivity index (χ2n) is 4.30. The lowest BCUT2D eigenvalue weighted by molar-refractivity contribution is 0.418. The van der Waals surface area contributed by atoms with Crippen molar-refractivity contribution in [2.45, 2.75) is 26.2 Å². The quantitative estimate of drug-likeness (QED) is 0.879. The van der Waals surface area contributed by atoms with E-state index in [1.165, 1.54) is 30.8 Å². The fourth-order valence-corrected chi connectivity index (χ4v) is 3.16. The van der Waals surface area contributed by atoms with Crippen molar-refractivity contribution in [1.29, 1.82) is 0 Å². The molecule has 0 saturated carbocycles. The van der Waals surface area contributed by atoms with Crippen LogP contribution in [-0.4, -0.2) is 24.6 Å². The largest absolute Gasteiger partial charge is 0.490 e. The second-order valence-corrected chi connectivity index (χ2v) is 5.05. The minimum atomic E-state index is 0.515. The van der Waals surface area contributed by atoms with Crippen LogP contribution in [0.4, 0.5) is 10.8 Å². The standard InChI is InChI=1S/C11H19N3OS/c1-3-4-8-5-6-14(7-8)11-9(15-2)10(12)13-16-11/h8H,3-7H2,1-2H3,(H2,12,13). The molecular weight excluding hydrogens is 222 g/mol. The van der Waals surface area contributed by atoms with Gasteiger partial charge >= 0.3 is 0 Å². The van der Waals surface area contributed by atoms with Crippen LogP contribution in [0, 0.1) is 5.92 Å². The first-order valence-electron chi connectivity index (χ1n) is 5.80. The number of ether oxygens (including phenoxy) is 1. The van der Waals surface area contributed by atoms with Gasteiger partial charge in [-0.25, -0.2) is 0 Å². The molecule has 1 aromatic rings. The zero-order valence-corrected chi connectivity index (χ0v) is 10.7. The van der Waals surface area contributed by atoms with E-state index < -0.39 is 0 Å². The summed E-state index contributed by atoms with van der Waals surface area (Å²) < 4.78 is 9.46. The normalized spacial score (nSPS) is 20.4. The summed E-state index contributed by atoms with van der Waals surface area (Å²) in [4.78, 5) is 2.35. The Hall–Kier alpha value is -0.970. The summed E-state index contributed by atoms with van der Waals surface area (Å²) in [7, 11) is 1.66. The van der Waals surface area contributed by atoms with Crippen LogP contribution < -0.4 is 15.4 Å². The predicted molar refractivity (Wildman–Crippen MR) is 68.3 cm³/mol. The van der Waals surface area contributed by atoms with Crippen molar-refractivity contribution in [2.75, 3.05) is 30.8 Å². The maximum absolute atomic E-state index is 5.76. The van der Waals surface area contributed by atoms with Crippen molar-refractivity contribution in [3.05, 3.63) is 0 Å². The molecule has 0 aliphatic carbocycles. The van der Waals surface area contributed by atoms with E-state index in [1.54, 1.807) is 7.11 Å². The van der Waals surface area contributed by atoms with Gasteiger partial charge in [0, 0.05) is 13.1 Å². The zero-order valence-electron chi connectivity index (χ0n) is 9.90. The first-order chi connectivity index (χ1) is 7.76. The van der Waals surface area contributed by atoms with Crippen molar-refractivity contribution in [2.24, 2.45) is 5.92 Å². The number of methoxy groups -OCH3 is 1. The first kappa shape index (κ1) is 11.5. The van der Waals surface area contributed by atoms with Gasteiger partial charge in [0.1, 0.15) is 0 Å². The van der Waals surface area contributed by atoms with Crippen molar-refractivity contribution < 1.29 is 4.74 Å². The van der Waals surface area contributed by atoms with Gasteiger partial charge in [-0.15, -0.1) is 0 Å². The third-order valence-electron chi connectivity index (χ3n) is 3.13. The summed E-state index contributed by atoms with van der Waals surface area (Å²) >= 11 is 1.44. The van der Waals surface area contributed by atoms with E-state index in [4.69, 9.17) is 10.5 Å². The fourth-order valence-electron chi connectivity index (χ4n) is 2.34. The van der Waals surface area contributed by atoms with Crippen LogP contribution in [0.25, 0.3) is 0 Å². The number of nitrogens with zero attached hydrogens (tertiary/aromatic N) is 2. The monoisotopic (exact) mass is 241 g/mol. The zero-order chi connectivity index (χ0) is 11.5. The number of rotatable bonds is 4. The van der Waals surface area contributed by atoms with Gasteiger partial charge < -0.3 is 15.4 Å². The van der Waals surface area contributed by atoms with E-state index >= 15 is 0 Å². The van der Waals surface area contributed by atoms with E-state index in [9.17, 15) is 0 Å². The predicted octanol–water partition coefficient (Wildman–Crippen LogP) is 2.36. The highest BCUT2D eigenvalue weighted by atomic mass is 32.1. The third kappa shape index (κ3) is 2.09. The Morgan fingerprint density at radius 1 is 1.62 bits per heavy atom. The Labute approximate surface area is 101 Å². The highest BCUT2D eigenvalue weighted by Gasteiger charge is 2.26. The molecule has 4 nitrogen and oxygen atoms in total. The molecule has 5 heteroatoms.